The Morgan fingerprint density at radius 2 is 2.00 bits per heavy atom. The van der Waals surface area contributed by atoms with E-state index in [9.17, 15) is 15.0 Å². The average molecular weight is 284 g/mol. The lowest BCUT2D eigenvalue weighted by molar-refractivity contribution is -0.153. The number of aliphatic carboxylic acids is 1. The molecule has 4 nitrogen and oxygen atoms in total. The number of hydrogen-bond acceptors (Lipinski definition) is 3. The van der Waals surface area contributed by atoms with Crippen molar-refractivity contribution in [1.29, 1.82) is 0 Å². The monoisotopic (exact) mass is 284 g/mol. The Bertz CT molecular complexity index is 341. The fourth-order valence-corrected chi connectivity index (χ4v) is 3.38. The van der Waals surface area contributed by atoms with Gasteiger partial charge < -0.3 is 14.9 Å². The first kappa shape index (κ1) is 17.2. The third kappa shape index (κ3) is 2.91. The summed E-state index contributed by atoms with van der Waals surface area (Å²) in [6.07, 6.45) is 6.95. The van der Waals surface area contributed by atoms with Gasteiger partial charge in [0, 0.05) is 11.3 Å². The summed E-state index contributed by atoms with van der Waals surface area (Å²) in [7, 11) is 0. The van der Waals surface area contributed by atoms with Crippen molar-refractivity contribution in [2.24, 2.45) is 11.3 Å². The second kappa shape index (κ2) is 7.23. The van der Waals surface area contributed by atoms with Crippen LogP contribution in [0, 0.1) is 11.3 Å². The van der Waals surface area contributed by atoms with Crippen molar-refractivity contribution >= 4 is 5.97 Å². The van der Waals surface area contributed by atoms with Gasteiger partial charge in [0.2, 0.25) is 0 Å². The summed E-state index contributed by atoms with van der Waals surface area (Å²) in [5, 5.41) is 20.1. The minimum Gasteiger partial charge on any atom is -0.479 e. The Balaban J connectivity index is 2.86. The summed E-state index contributed by atoms with van der Waals surface area (Å²) in [5.74, 6) is -1.29. The zero-order valence-electron chi connectivity index (χ0n) is 12.7. The van der Waals surface area contributed by atoms with Crippen LogP contribution in [0.1, 0.15) is 52.4 Å². The maximum Gasteiger partial charge on any atom is 0.336 e. The summed E-state index contributed by atoms with van der Waals surface area (Å²) < 4.78 is 5.52. The van der Waals surface area contributed by atoms with E-state index in [2.05, 4.69) is 20.4 Å². The number of carboxylic acids is 1. The Morgan fingerprint density at radius 1 is 1.35 bits per heavy atom. The Kier molecular flexibility index (Phi) is 6.21. The summed E-state index contributed by atoms with van der Waals surface area (Å²) in [6, 6.07) is 0. The third-order valence-corrected chi connectivity index (χ3v) is 4.59. The predicted molar refractivity (Wildman–Crippen MR) is 78.6 cm³/mol. The molecule has 2 N–H and O–H groups in total. The Hall–Kier alpha value is -0.870. The van der Waals surface area contributed by atoms with Gasteiger partial charge in [-0.05, 0) is 12.8 Å². The zero-order valence-corrected chi connectivity index (χ0v) is 12.7. The number of aliphatic hydroxyl groups is 1. The number of unbranched alkanes of at least 4 members (excludes halogenated alkanes) is 2. The first-order chi connectivity index (χ1) is 9.51. The van der Waals surface area contributed by atoms with Crippen molar-refractivity contribution in [2.45, 2.75) is 58.0 Å². The molecule has 0 radical (unpaired) electrons. The minimum atomic E-state index is -1.61. The number of ether oxygens (including phenoxy) is 1. The molecule has 3 atom stereocenters. The summed E-state index contributed by atoms with van der Waals surface area (Å²) in [6.45, 7) is 8.44. The van der Waals surface area contributed by atoms with E-state index in [0.717, 1.165) is 32.1 Å². The molecule has 4 heteroatoms. The minimum absolute atomic E-state index is 0.191. The van der Waals surface area contributed by atoms with Gasteiger partial charge in [-0.3, -0.25) is 0 Å². The molecule has 0 aromatic heterocycles. The number of rotatable bonds is 11. The van der Waals surface area contributed by atoms with Gasteiger partial charge in [0.15, 0.2) is 5.60 Å². The van der Waals surface area contributed by atoms with Gasteiger partial charge in [0.25, 0.3) is 0 Å². The molecule has 0 bridgehead atoms. The quantitative estimate of drug-likeness (QED) is 0.452. The molecule has 0 amide bonds. The molecular weight excluding hydrogens is 256 g/mol. The van der Waals surface area contributed by atoms with Crippen molar-refractivity contribution < 1.29 is 19.7 Å². The Morgan fingerprint density at radius 3 is 2.50 bits per heavy atom. The van der Waals surface area contributed by atoms with Crippen LogP contribution < -0.4 is 0 Å². The lowest BCUT2D eigenvalue weighted by Crippen LogP contribution is -2.33. The lowest BCUT2D eigenvalue weighted by Gasteiger charge is -2.19. The molecule has 3 unspecified atom stereocenters. The van der Waals surface area contributed by atoms with Crippen LogP contribution >= 0.6 is 0 Å². The number of carboxylic acid groups (broad SMARTS) is 1. The zero-order chi connectivity index (χ0) is 15.2. The van der Waals surface area contributed by atoms with Crippen LogP contribution in [0.5, 0.6) is 0 Å². The van der Waals surface area contributed by atoms with Crippen molar-refractivity contribution in [3.63, 3.8) is 0 Å². The van der Waals surface area contributed by atoms with Crippen LogP contribution in [-0.2, 0) is 9.53 Å². The smallest absolute Gasteiger partial charge is 0.336 e. The second-order valence-corrected chi connectivity index (χ2v) is 5.83. The van der Waals surface area contributed by atoms with Crippen molar-refractivity contribution in [2.75, 3.05) is 13.2 Å². The first-order valence-corrected chi connectivity index (χ1v) is 7.65. The molecule has 1 saturated carbocycles. The summed E-state index contributed by atoms with van der Waals surface area (Å²) in [5.41, 5.74) is -2.23. The highest BCUT2D eigenvalue weighted by molar-refractivity contribution is 5.84. The van der Waals surface area contributed by atoms with E-state index in [1.165, 1.54) is 0 Å². The van der Waals surface area contributed by atoms with Crippen LogP contribution in [0.15, 0.2) is 12.7 Å². The normalized spacial score (nSPS) is 32.0. The molecule has 0 aromatic rings. The largest absolute Gasteiger partial charge is 0.479 e. The van der Waals surface area contributed by atoms with E-state index < -0.39 is 17.0 Å². The maximum absolute atomic E-state index is 11.5. The van der Waals surface area contributed by atoms with Crippen LogP contribution in [0.3, 0.4) is 0 Å². The predicted octanol–water partition coefficient (Wildman–Crippen LogP) is 3.00. The Labute approximate surface area is 121 Å². The van der Waals surface area contributed by atoms with Gasteiger partial charge in [-0.1, -0.05) is 45.6 Å². The maximum atomic E-state index is 11.5. The van der Waals surface area contributed by atoms with E-state index in [4.69, 9.17) is 4.74 Å². The third-order valence-electron chi connectivity index (χ3n) is 4.59. The highest BCUT2D eigenvalue weighted by Crippen LogP contribution is 2.67. The number of hydrogen-bond donors (Lipinski definition) is 2. The van der Waals surface area contributed by atoms with Crippen LogP contribution in [0.2, 0.25) is 0 Å². The van der Waals surface area contributed by atoms with Crippen LogP contribution in [-0.4, -0.2) is 35.0 Å². The topological polar surface area (TPSA) is 66.8 Å². The van der Waals surface area contributed by atoms with E-state index in [1.807, 2.05) is 0 Å². The first-order valence-electron chi connectivity index (χ1n) is 7.65. The van der Waals surface area contributed by atoms with E-state index in [1.54, 1.807) is 6.08 Å². The molecule has 0 aromatic carbocycles. The fourth-order valence-electron chi connectivity index (χ4n) is 3.38. The molecule has 1 aliphatic carbocycles. The molecule has 0 heterocycles. The summed E-state index contributed by atoms with van der Waals surface area (Å²) >= 11 is 0. The van der Waals surface area contributed by atoms with Gasteiger partial charge in [-0.15, -0.1) is 6.58 Å². The van der Waals surface area contributed by atoms with Gasteiger partial charge in [-0.25, -0.2) is 4.79 Å². The average Bonchev–Trinajstić information content (AvgIpc) is 2.94. The van der Waals surface area contributed by atoms with Gasteiger partial charge in [0.1, 0.15) is 0 Å². The highest BCUT2D eigenvalue weighted by Gasteiger charge is 2.79. The van der Waals surface area contributed by atoms with Gasteiger partial charge in [-0.2, -0.15) is 0 Å². The molecule has 0 saturated heterocycles. The van der Waals surface area contributed by atoms with E-state index in [-0.39, 0.29) is 5.92 Å². The lowest BCUT2D eigenvalue weighted by atomic mass is 9.93. The van der Waals surface area contributed by atoms with Gasteiger partial charge in [0.05, 0.1) is 13.2 Å². The SMILES string of the molecule is C=CCOCC1(CCCC)C(CCCC)C1(O)C(=O)O. The molecule has 20 heavy (non-hydrogen) atoms. The molecule has 0 aliphatic heterocycles. The van der Waals surface area contributed by atoms with Crippen LogP contribution in [0.25, 0.3) is 0 Å². The standard InChI is InChI=1S/C16H28O4/c1-4-7-9-13-15(10-8-5-2,12-20-11-6-3)16(13,19)14(17)18/h6,13,19H,3-5,7-12H2,1-2H3,(H,17,18). The van der Waals surface area contributed by atoms with Crippen molar-refractivity contribution in [3.8, 4) is 0 Å². The van der Waals surface area contributed by atoms with Crippen LogP contribution in [0.4, 0.5) is 0 Å². The molecule has 116 valence electrons. The highest BCUT2D eigenvalue weighted by atomic mass is 16.5. The summed E-state index contributed by atoms with van der Waals surface area (Å²) in [4.78, 5) is 11.5. The number of carbonyl (C=O) groups is 1. The van der Waals surface area contributed by atoms with E-state index in [0.29, 0.717) is 19.6 Å². The molecular formula is C16H28O4. The van der Waals surface area contributed by atoms with Gasteiger partial charge >= 0.3 is 5.97 Å². The van der Waals surface area contributed by atoms with E-state index >= 15 is 0 Å². The molecule has 1 rings (SSSR count). The second-order valence-electron chi connectivity index (χ2n) is 5.83. The molecule has 0 spiro atoms. The van der Waals surface area contributed by atoms with Crippen molar-refractivity contribution in [1.82, 2.24) is 0 Å². The molecule has 1 aliphatic rings. The van der Waals surface area contributed by atoms with Crippen molar-refractivity contribution in [3.05, 3.63) is 12.7 Å². The molecule has 1 fully saturated rings. The fraction of sp³-hybridized carbons (Fsp3) is 0.812.